The Morgan fingerprint density at radius 3 is 2.53 bits per heavy atom. The van der Waals surface area contributed by atoms with Crippen molar-refractivity contribution < 1.29 is 17.2 Å². The second-order valence-electron chi connectivity index (χ2n) is 3.11. The molecule has 0 aliphatic heterocycles. The molecule has 0 radical (unpaired) electrons. The molecule has 1 unspecified atom stereocenters. The van der Waals surface area contributed by atoms with Crippen molar-refractivity contribution in [2.45, 2.75) is 18.8 Å². The highest BCUT2D eigenvalue weighted by molar-refractivity contribution is 8.13. The van der Waals surface area contributed by atoms with Gasteiger partial charge in [-0.05, 0) is 18.6 Å². The summed E-state index contributed by atoms with van der Waals surface area (Å²) in [6.07, 6.45) is -1.57. The van der Waals surface area contributed by atoms with E-state index in [-0.39, 0.29) is 11.1 Å². The number of benzene rings is 1. The first kappa shape index (κ1) is 12.4. The normalized spacial score (nSPS) is 13.9. The van der Waals surface area contributed by atoms with E-state index >= 15 is 0 Å². The second-order valence-corrected chi connectivity index (χ2v) is 5.89. The van der Waals surface area contributed by atoms with Gasteiger partial charge in [0, 0.05) is 16.2 Å². The smallest absolute Gasteiger partial charge is 0.236 e. The van der Waals surface area contributed by atoms with Gasteiger partial charge in [-0.15, -0.1) is 0 Å². The summed E-state index contributed by atoms with van der Waals surface area (Å²) in [5, 5.41) is 0. The van der Waals surface area contributed by atoms with Crippen molar-refractivity contribution in [3.05, 3.63) is 35.1 Å². The molecule has 1 rings (SSSR count). The lowest BCUT2D eigenvalue weighted by Crippen LogP contribution is -2.03. The first-order chi connectivity index (χ1) is 6.81. The van der Waals surface area contributed by atoms with E-state index in [0.29, 0.717) is 0 Å². The van der Waals surface area contributed by atoms with Gasteiger partial charge in [-0.1, -0.05) is 12.1 Å². The molecule has 1 aromatic rings. The molecule has 84 valence electrons. The largest absolute Gasteiger partial charge is 0.242 e. The highest BCUT2D eigenvalue weighted by atomic mass is 35.7. The molecule has 0 aliphatic carbocycles. The lowest BCUT2D eigenvalue weighted by atomic mass is 10.0. The van der Waals surface area contributed by atoms with Gasteiger partial charge in [0.1, 0.15) is 12.0 Å². The quantitative estimate of drug-likeness (QED) is 0.778. The van der Waals surface area contributed by atoms with Crippen LogP contribution in [0, 0.1) is 5.82 Å². The van der Waals surface area contributed by atoms with E-state index in [0.717, 1.165) is 13.0 Å². The zero-order chi connectivity index (χ0) is 11.6. The minimum atomic E-state index is -3.81. The van der Waals surface area contributed by atoms with Crippen LogP contribution >= 0.6 is 10.7 Å². The maximum Gasteiger partial charge on any atom is 0.236 e. The summed E-state index contributed by atoms with van der Waals surface area (Å²) in [6, 6.07) is 3.74. The highest BCUT2D eigenvalue weighted by Gasteiger charge is 2.18. The molecular weight excluding hydrogens is 246 g/mol. The van der Waals surface area contributed by atoms with E-state index in [1.165, 1.54) is 12.1 Å². The van der Waals surface area contributed by atoms with E-state index in [4.69, 9.17) is 10.7 Å². The first-order valence-electron chi connectivity index (χ1n) is 4.15. The molecule has 6 heteroatoms. The predicted molar refractivity (Wildman–Crippen MR) is 54.4 cm³/mol. The fourth-order valence-electron chi connectivity index (χ4n) is 1.34. The van der Waals surface area contributed by atoms with Crippen LogP contribution in [0.4, 0.5) is 8.78 Å². The topological polar surface area (TPSA) is 34.1 Å². The number of hydrogen-bond acceptors (Lipinski definition) is 2. The van der Waals surface area contributed by atoms with Crippen LogP contribution in [-0.2, 0) is 14.8 Å². The molecule has 0 saturated heterocycles. The summed E-state index contributed by atoms with van der Waals surface area (Å²) >= 11 is 0. The molecule has 0 aromatic heterocycles. The van der Waals surface area contributed by atoms with Gasteiger partial charge in [-0.25, -0.2) is 17.2 Å². The molecule has 2 nitrogen and oxygen atoms in total. The molecule has 0 saturated carbocycles. The Bertz CT molecular complexity index is 457. The Morgan fingerprint density at radius 1 is 1.47 bits per heavy atom. The standard InChI is InChI=1S/C9H9ClF2O2S/c1-6(11)9-7(5-15(10,13)14)3-2-4-8(9)12/h2-4,6H,5H2,1H3. The van der Waals surface area contributed by atoms with Crippen molar-refractivity contribution in [1.29, 1.82) is 0 Å². The zero-order valence-corrected chi connectivity index (χ0v) is 9.45. The monoisotopic (exact) mass is 254 g/mol. The van der Waals surface area contributed by atoms with Crippen molar-refractivity contribution in [3.63, 3.8) is 0 Å². The maximum absolute atomic E-state index is 13.2. The van der Waals surface area contributed by atoms with Gasteiger partial charge in [0.2, 0.25) is 9.05 Å². The molecule has 15 heavy (non-hydrogen) atoms. The van der Waals surface area contributed by atoms with Gasteiger partial charge < -0.3 is 0 Å². The van der Waals surface area contributed by atoms with E-state index < -0.39 is 26.8 Å². The highest BCUT2D eigenvalue weighted by Crippen LogP contribution is 2.26. The van der Waals surface area contributed by atoms with Crippen LogP contribution in [-0.4, -0.2) is 8.42 Å². The van der Waals surface area contributed by atoms with Gasteiger partial charge in [0.25, 0.3) is 0 Å². The number of hydrogen-bond donors (Lipinski definition) is 0. The van der Waals surface area contributed by atoms with E-state index in [1.54, 1.807) is 0 Å². The van der Waals surface area contributed by atoms with Gasteiger partial charge in [0.15, 0.2) is 0 Å². The molecule has 0 N–H and O–H groups in total. The van der Waals surface area contributed by atoms with Crippen LogP contribution in [0.15, 0.2) is 18.2 Å². The van der Waals surface area contributed by atoms with Crippen molar-refractivity contribution in [2.24, 2.45) is 0 Å². The van der Waals surface area contributed by atoms with Gasteiger partial charge in [-0.3, -0.25) is 0 Å². The average molecular weight is 255 g/mol. The third kappa shape index (κ3) is 3.43. The van der Waals surface area contributed by atoms with E-state index in [2.05, 4.69) is 0 Å². The lowest BCUT2D eigenvalue weighted by Gasteiger charge is -2.09. The van der Waals surface area contributed by atoms with Crippen molar-refractivity contribution in [1.82, 2.24) is 0 Å². The summed E-state index contributed by atoms with van der Waals surface area (Å²) in [5.41, 5.74) is -0.193. The Hall–Kier alpha value is -0.680. The van der Waals surface area contributed by atoms with Crippen LogP contribution in [0.25, 0.3) is 0 Å². The Balaban J connectivity index is 3.24. The molecule has 0 bridgehead atoms. The number of alkyl halides is 1. The van der Waals surface area contributed by atoms with E-state index in [9.17, 15) is 17.2 Å². The number of halogens is 3. The fourth-order valence-corrected chi connectivity index (χ4v) is 2.31. The minimum absolute atomic E-state index is 0.0556. The van der Waals surface area contributed by atoms with Crippen LogP contribution in [0.5, 0.6) is 0 Å². The molecule has 0 spiro atoms. The second kappa shape index (κ2) is 4.45. The fraction of sp³-hybridized carbons (Fsp3) is 0.333. The first-order valence-corrected chi connectivity index (χ1v) is 6.63. The number of rotatable bonds is 3. The lowest BCUT2D eigenvalue weighted by molar-refractivity contribution is 0.359. The minimum Gasteiger partial charge on any atom is -0.242 e. The summed E-state index contributed by atoms with van der Waals surface area (Å²) < 4.78 is 47.9. The summed E-state index contributed by atoms with van der Waals surface area (Å²) in [5.74, 6) is -1.33. The zero-order valence-electron chi connectivity index (χ0n) is 7.88. The summed E-state index contributed by atoms with van der Waals surface area (Å²) in [6.45, 7) is 1.14. The van der Waals surface area contributed by atoms with Gasteiger partial charge in [0.05, 0.1) is 5.75 Å². The molecule has 1 aromatic carbocycles. The maximum atomic E-state index is 13.2. The van der Waals surface area contributed by atoms with Crippen LogP contribution in [0.3, 0.4) is 0 Å². The average Bonchev–Trinajstić information content (AvgIpc) is 1.99. The predicted octanol–water partition coefficient (Wildman–Crippen LogP) is 2.92. The molecule has 0 aliphatic rings. The van der Waals surface area contributed by atoms with Gasteiger partial charge in [-0.2, -0.15) is 0 Å². The third-order valence-corrected chi connectivity index (χ3v) is 2.85. The third-order valence-electron chi connectivity index (χ3n) is 1.87. The summed E-state index contributed by atoms with van der Waals surface area (Å²) in [7, 11) is 1.21. The molecule has 0 amide bonds. The van der Waals surface area contributed by atoms with Crippen molar-refractivity contribution >= 4 is 19.7 Å². The van der Waals surface area contributed by atoms with Crippen molar-refractivity contribution in [3.8, 4) is 0 Å². The van der Waals surface area contributed by atoms with E-state index in [1.807, 2.05) is 0 Å². The van der Waals surface area contributed by atoms with Crippen LogP contribution in [0.1, 0.15) is 24.2 Å². The Kier molecular flexibility index (Phi) is 3.67. The molecule has 1 atom stereocenters. The molecule has 0 fully saturated rings. The SMILES string of the molecule is CC(F)c1c(F)cccc1CS(=O)(=O)Cl. The molecule has 0 heterocycles. The van der Waals surface area contributed by atoms with Gasteiger partial charge >= 0.3 is 0 Å². The molecular formula is C9H9ClF2O2S. The summed E-state index contributed by atoms with van der Waals surface area (Å²) in [4.78, 5) is 0. The van der Waals surface area contributed by atoms with Crippen molar-refractivity contribution in [2.75, 3.05) is 0 Å². The van der Waals surface area contributed by atoms with Crippen LogP contribution < -0.4 is 0 Å². The Morgan fingerprint density at radius 2 is 2.07 bits per heavy atom. The van der Waals surface area contributed by atoms with Crippen LogP contribution in [0.2, 0.25) is 0 Å². The Labute approximate surface area is 91.3 Å².